The molecule has 0 radical (unpaired) electrons. The van der Waals surface area contributed by atoms with Crippen molar-refractivity contribution < 1.29 is 18.3 Å². The molecule has 0 spiro atoms. The highest BCUT2D eigenvalue weighted by atomic mass is 19.4. The third-order valence-corrected chi connectivity index (χ3v) is 3.57. The summed E-state index contributed by atoms with van der Waals surface area (Å²) in [6.07, 6.45) is -4.67. The van der Waals surface area contributed by atoms with Gasteiger partial charge in [0.15, 0.2) is 0 Å². The normalized spacial score (nSPS) is 13.0. The van der Waals surface area contributed by atoms with Crippen LogP contribution in [0, 0.1) is 0 Å². The Kier molecular flexibility index (Phi) is 3.53. The fourth-order valence-electron chi connectivity index (χ4n) is 2.50. The molecule has 3 aromatic carbocycles. The van der Waals surface area contributed by atoms with E-state index in [-0.39, 0.29) is 5.76 Å². The van der Waals surface area contributed by atoms with Gasteiger partial charge in [0, 0.05) is 5.56 Å². The lowest BCUT2D eigenvalue weighted by molar-refractivity contribution is -0.125. The van der Waals surface area contributed by atoms with Gasteiger partial charge in [0.25, 0.3) is 0 Å². The second-order valence-electron chi connectivity index (χ2n) is 5.13. The van der Waals surface area contributed by atoms with Crippen LogP contribution in [0.1, 0.15) is 12.0 Å². The van der Waals surface area contributed by atoms with Crippen molar-refractivity contribution in [2.75, 3.05) is 0 Å². The van der Waals surface area contributed by atoms with Crippen LogP contribution in [0.15, 0.2) is 60.7 Å². The Hall–Kier alpha value is -2.49. The zero-order valence-electron chi connectivity index (χ0n) is 11.6. The summed E-state index contributed by atoms with van der Waals surface area (Å²) >= 11 is 0. The van der Waals surface area contributed by atoms with Gasteiger partial charge in [-0.25, -0.2) is 0 Å². The molecule has 0 heterocycles. The summed E-state index contributed by atoms with van der Waals surface area (Å²) in [6.45, 7) is 0. The van der Waals surface area contributed by atoms with Crippen molar-refractivity contribution in [3.05, 3.63) is 66.2 Å². The van der Waals surface area contributed by atoms with E-state index in [1.54, 1.807) is 12.1 Å². The van der Waals surface area contributed by atoms with Crippen molar-refractivity contribution in [1.29, 1.82) is 0 Å². The Morgan fingerprint density at radius 1 is 0.909 bits per heavy atom. The van der Waals surface area contributed by atoms with Gasteiger partial charge in [0.05, 0.1) is 6.42 Å². The van der Waals surface area contributed by atoms with Crippen molar-refractivity contribution in [3.8, 4) is 0 Å². The van der Waals surface area contributed by atoms with Gasteiger partial charge in [0.1, 0.15) is 5.76 Å². The molecule has 0 saturated heterocycles. The quantitative estimate of drug-likeness (QED) is 0.465. The molecule has 1 N–H and O–H groups in total. The highest BCUT2D eigenvalue weighted by molar-refractivity contribution is 6.07. The van der Waals surface area contributed by atoms with Gasteiger partial charge in [-0.2, -0.15) is 13.2 Å². The van der Waals surface area contributed by atoms with Crippen molar-refractivity contribution in [3.63, 3.8) is 0 Å². The Morgan fingerprint density at radius 3 is 2.36 bits per heavy atom. The molecule has 0 bridgehead atoms. The van der Waals surface area contributed by atoms with Crippen LogP contribution in [0.2, 0.25) is 0 Å². The van der Waals surface area contributed by atoms with Crippen molar-refractivity contribution >= 4 is 27.3 Å². The smallest absolute Gasteiger partial charge is 0.392 e. The molecule has 0 atom stereocenters. The molecule has 0 aliphatic heterocycles. The number of fused-ring (bicyclic) bond motifs is 3. The maximum Gasteiger partial charge on any atom is 0.392 e. The Morgan fingerprint density at radius 2 is 1.59 bits per heavy atom. The fourth-order valence-corrected chi connectivity index (χ4v) is 2.50. The molecular weight excluding hydrogens is 289 g/mol. The molecule has 0 unspecified atom stereocenters. The SMILES string of the molecule is OC(=CCC(F)(F)F)c1ccc2c(ccc3ccccc32)c1. The summed E-state index contributed by atoms with van der Waals surface area (Å²) in [7, 11) is 0. The third-order valence-electron chi connectivity index (χ3n) is 3.57. The van der Waals surface area contributed by atoms with E-state index in [4.69, 9.17) is 0 Å². The van der Waals surface area contributed by atoms with E-state index in [2.05, 4.69) is 0 Å². The molecule has 0 aliphatic rings. The molecule has 0 saturated carbocycles. The number of alkyl halides is 3. The van der Waals surface area contributed by atoms with Gasteiger partial charge in [-0.05, 0) is 33.7 Å². The van der Waals surface area contributed by atoms with Gasteiger partial charge in [-0.1, -0.05) is 48.5 Å². The Balaban J connectivity index is 2.05. The summed E-state index contributed by atoms with van der Waals surface area (Å²) in [4.78, 5) is 0. The number of allylic oxidation sites excluding steroid dienone is 1. The molecule has 0 fully saturated rings. The van der Waals surface area contributed by atoms with Gasteiger partial charge in [-0.3, -0.25) is 0 Å². The lowest BCUT2D eigenvalue weighted by atomic mass is 9.99. The van der Waals surface area contributed by atoms with E-state index in [0.29, 0.717) is 5.56 Å². The highest BCUT2D eigenvalue weighted by Gasteiger charge is 2.25. The summed E-state index contributed by atoms with van der Waals surface area (Å²) in [5.74, 6) is -0.354. The predicted octanol–water partition coefficient (Wildman–Crippen LogP) is 5.84. The van der Waals surface area contributed by atoms with E-state index >= 15 is 0 Å². The average Bonchev–Trinajstić information content (AvgIpc) is 2.51. The maximum atomic E-state index is 12.2. The molecule has 4 heteroatoms. The molecule has 3 rings (SSSR count). The maximum absolute atomic E-state index is 12.2. The second kappa shape index (κ2) is 5.37. The molecular formula is C18H13F3O. The van der Waals surface area contributed by atoms with Crippen molar-refractivity contribution in [1.82, 2.24) is 0 Å². The predicted molar refractivity (Wildman–Crippen MR) is 82.7 cm³/mol. The van der Waals surface area contributed by atoms with Gasteiger partial charge < -0.3 is 5.11 Å². The highest BCUT2D eigenvalue weighted by Crippen LogP contribution is 2.28. The first-order valence-corrected chi connectivity index (χ1v) is 6.82. The molecule has 0 amide bonds. The third kappa shape index (κ3) is 2.91. The summed E-state index contributed by atoms with van der Waals surface area (Å²) < 4.78 is 36.6. The van der Waals surface area contributed by atoms with Gasteiger partial charge in [0.2, 0.25) is 0 Å². The first-order chi connectivity index (χ1) is 10.4. The lowest BCUT2D eigenvalue weighted by Gasteiger charge is -2.07. The molecule has 1 nitrogen and oxygen atoms in total. The number of hydrogen-bond donors (Lipinski definition) is 1. The zero-order valence-corrected chi connectivity index (χ0v) is 11.6. The Bertz CT molecular complexity index is 863. The number of hydrogen-bond acceptors (Lipinski definition) is 1. The van der Waals surface area contributed by atoms with Gasteiger partial charge in [-0.15, -0.1) is 0 Å². The molecule has 0 aromatic heterocycles. The minimum absolute atomic E-state index is 0.354. The number of rotatable bonds is 2. The standard InChI is InChI=1S/C18H13F3O/c19-18(20,21)10-9-17(22)14-7-8-16-13(11-14)6-5-12-3-1-2-4-15(12)16/h1-9,11,22H,10H2. The molecule has 3 aromatic rings. The van der Waals surface area contributed by atoms with Crippen LogP contribution in [0.5, 0.6) is 0 Å². The van der Waals surface area contributed by atoms with Crippen LogP contribution in [0.25, 0.3) is 27.3 Å². The van der Waals surface area contributed by atoms with E-state index in [1.165, 1.54) is 0 Å². The number of benzene rings is 3. The van der Waals surface area contributed by atoms with Crippen molar-refractivity contribution in [2.24, 2.45) is 0 Å². The lowest BCUT2D eigenvalue weighted by Crippen LogP contribution is -2.04. The van der Waals surface area contributed by atoms with Crippen LogP contribution >= 0.6 is 0 Å². The van der Waals surface area contributed by atoms with E-state index in [1.807, 2.05) is 42.5 Å². The largest absolute Gasteiger partial charge is 0.508 e. The van der Waals surface area contributed by atoms with E-state index in [0.717, 1.165) is 27.6 Å². The Labute approximate surface area is 125 Å². The zero-order chi connectivity index (χ0) is 15.7. The first-order valence-electron chi connectivity index (χ1n) is 6.82. The number of halogens is 3. The summed E-state index contributed by atoms with van der Waals surface area (Å²) in [5.41, 5.74) is 0.382. The molecule has 112 valence electrons. The summed E-state index contributed by atoms with van der Waals surface area (Å²) in [6, 6.07) is 16.9. The molecule has 0 aliphatic carbocycles. The van der Waals surface area contributed by atoms with Gasteiger partial charge >= 0.3 is 6.18 Å². The van der Waals surface area contributed by atoms with Crippen LogP contribution in [0.3, 0.4) is 0 Å². The number of aliphatic hydroxyl groups excluding tert-OH is 1. The van der Waals surface area contributed by atoms with E-state index in [9.17, 15) is 18.3 Å². The van der Waals surface area contributed by atoms with Crippen LogP contribution in [0.4, 0.5) is 13.2 Å². The fraction of sp³-hybridized carbons (Fsp3) is 0.111. The number of aliphatic hydroxyl groups is 1. The molecule has 22 heavy (non-hydrogen) atoms. The van der Waals surface area contributed by atoms with Crippen LogP contribution < -0.4 is 0 Å². The minimum Gasteiger partial charge on any atom is -0.508 e. The monoisotopic (exact) mass is 302 g/mol. The average molecular weight is 302 g/mol. The minimum atomic E-state index is -4.32. The summed E-state index contributed by atoms with van der Waals surface area (Å²) in [5, 5.41) is 13.9. The topological polar surface area (TPSA) is 20.2 Å². The van der Waals surface area contributed by atoms with Crippen molar-refractivity contribution in [2.45, 2.75) is 12.6 Å². The van der Waals surface area contributed by atoms with Crippen LogP contribution in [-0.4, -0.2) is 11.3 Å². The first kappa shape index (κ1) is 14.4. The van der Waals surface area contributed by atoms with Crippen LogP contribution in [-0.2, 0) is 0 Å². The second-order valence-corrected chi connectivity index (χ2v) is 5.13. The van der Waals surface area contributed by atoms with E-state index < -0.39 is 12.6 Å².